The molecule has 6 heteroatoms. The SMILES string of the molecule is C=CC(=O)N1CCc2c(cccc2-c2c(F)cc(CC(N)=O)c3[nH]c4ccccc4c23)C1. The molecule has 32 heavy (non-hydrogen) atoms. The maximum absolute atomic E-state index is 15.7. The number of carbonyl (C=O) groups excluding carboxylic acids is 2. The molecule has 5 rings (SSSR count). The van der Waals surface area contributed by atoms with Gasteiger partial charge in [-0.2, -0.15) is 0 Å². The number of hydrogen-bond acceptors (Lipinski definition) is 2. The summed E-state index contributed by atoms with van der Waals surface area (Å²) in [5.74, 6) is -1.01. The molecule has 1 aromatic heterocycles. The molecule has 2 heterocycles. The molecule has 0 spiro atoms. The predicted molar refractivity (Wildman–Crippen MR) is 123 cm³/mol. The third-order valence-corrected chi connectivity index (χ3v) is 6.20. The van der Waals surface area contributed by atoms with E-state index in [9.17, 15) is 9.59 Å². The second-order valence-electron chi connectivity index (χ2n) is 8.11. The number of carbonyl (C=O) groups is 2. The zero-order valence-electron chi connectivity index (χ0n) is 17.5. The minimum Gasteiger partial charge on any atom is -0.369 e. The fourth-order valence-electron chi connectivity index (χ4n) is 4.81. The minimum absolute atomic E-state index is 0.0496. The Bertz CT molecular complexity index is 1420. The number of nitrogens with zero attached hydrogens (tertiary/aromatic N) is 1. The van der Waals surface area contributed by atoms with Gasteiger partial charge in [0.25, 0.3) is 0 Å². The van der Waals surface area contributed by atoms with Crippen LogP contribution in [0.3, 0.4) is 0 Å². The van der Waals surface area contributed by atoms with Gasteiger partial charge in [-0.1, -0.05) is 43.0 Å². The molecule has 0 unspecified atom stereocenters. The summed E-state index contributed by atoms with van der Waals surface area (Å²) in [4.78, 5) is 28.8. The summed E-state index contributed by atoms with van der Waals surface area (Å²) in [6.07, 6.45) is 1.89. The first kappa shape index (κ1) is 20.0. The maximum atomic E-state index is 15.7. The normalized spacial score (nSPS) is 13.3. The lowest BCUT2D eigenvalue weighted by molar-refractivity contribution is -0.126. The Morgan fingerprint density at radius 2 is 2.00 bits per heavy atom. The quantitative estimate of drug-likeness (QED) is 0.478. The topological polar surface area (TPSA) is 79.2 Å². The van der Waals surface area contributed by atoms with E-state index in [1.54, 1.807) is 4.90 Å². The number of rotatable bonds is 4. The van der Waals surface area contributed by atoms with Crippen LogP contribution in [0.1, 0.15) is 16.7 Å². The summed E-state index contributed by atoms with van der Waals surface area (Å²) >= 11 is 0. The van der Waals surface area contributed by atoms with Gasteiger partial charge in [0.2, 0.25) is 11.8 Å². The summed E-state index contributed by atoms with van der Waals surface area (Å²) in [7, 11) is 0. The van der Waals surface area contributed by atoms with E-state index < -0.39 is 11.7 Å². The summed E-state index contributed by atoms with van der Waals surface area (Å²) < 4.78 is 15.7. The van der Waals surface area contributed by atoms with E-state index >= 15 is 4.39 Å². The van der Waals surface area contributed by atoms with E-state index in [4.69, 9.17) is 5.73 Å². The fourth-order valence-corrected chi connectivity index (χ4v) is 4.81. The fraction of sp³-hybridized carbons (Fsp3) is 0.154. The van der Waals surface area contributed by atoms with E-state index in [0.717, 1.165) is 38.5 Å². The van der Waals surface area contributed by atoms with Crippen molar-refractivity contribution < 1.29 is 14.0 Å². The van der Waals surface area contributed by atoms with E-state index in [-0.39, 0.29) is 12.3 Å². The monoisotopic (exact) mass is 427 g/mol. The lowest BCUT2D eigenvalue weighted by Crippen LogP contribution is -2.34. The highest BCUT2D eigenvalue weighted by Crippen LogP contribution is 2.41. The molecule has 5 nitrogen and oxygen atoms in total. The van der Waals surface area contributed by atoms with Crippen molar-refractivity contribution in [2.24, 2.45) is 5.73 Å². The zero-order valence-corrected chi connectivity index (χ0v) is 17.5. The molecule has 0 atom stereocenters. The highest BCUT2D eigenvalue weighted by Gasteiger charge is 2.25. The zero-order chi connectivity index (χ0) is 22.4. The van der Waals surface area contributed by atoms with Gasteiger partial charge >= 0.3 is 0 Å². The van der Waals surface area contributed by atoms with Crippen LogP contribution in [-0.2, 0) is 29.0 Å². The number of primary amides is 1. The van der Waals surface area contributed by atoms with Gasteiger partial charge in [0, 0.05) is 34.9 Å². The number of para-hydroxylation sites is 1. The lowest BCUT2D eigenvalue weighted by atomic mass is 9.87. The number of H-pyrrole nitrogens is 1. The second kappa shape index (κ2) is 7.64. The number of hydrogen-bond donors (Lipinski definition) is 2. The predicted octanol–water partition coefficient (Wildman–Crippen LogP) is 4.23. The average molecular weight is 427 g/mol. The number of halogens is 1. The first-order valence-corrected chi connectivity index (χ1v) is 10.5. The largest absolute Gasteiger partial charge is 0.369 e. The minimum atomic E-state index is -0.513. The molecule has 1 aliphatic heterocycles. The number of amides is 2. The molecule has 0 fully saturated rings. The van der Waals surface area contributed by atoms with Crippen molar-refractivity contribution in [3.8, 4) is 11.1 Å². The Kier molecular flexibility index (Phi) is 4.78. The molecule has 4 aromatic rings. The van der Waals surface area contributed by atoms with Gasteiger partial charge in [-0.25, -0.2) is 4.39 Å². The van der Waals surface area contributed by atoms with E-state index in [1.165, 1.54) is 12.1 Å². The van der Waals surface area contributed by atoms with Crippen molar-refractivity contribution in [2.75, 3.05) is 6.54 Å². The van der Waals surface area contributed by atoms with Crippen LogP contribution >= 0.6 is 0 Å². The highest BCUT2D eigenvalue weighted by molar-refractivity contribution is 6.16. The van der Waals surface area contributed by atoms with Crippen LogP contribution in [0.2, 0.25) is 0 Å². The first-order chi connectivity index (χ1) is 15.5. The molecule has 0 bridgehead atoms. The highest BCUT2D eigenvalue weighted by atomic mass is 19.1. The Morgan fingerprint density at radius 1 is 1.19 bits per heavy atom. The molecule has 0 aliphatic carbocycles. The molecular weight excluding hydrogens is 405 g/mol. The van der Waals surface area contributed by atoms with Crippen LogP contribution in [0.15, 0.2) is 61.2 Å². The van der Waals surface area contributed by atoms with Gasteiger partial charge in [0.1, 0.15) is 5.82 Å². The molecule has 0 saturated heterocycles. The Labute approximate surface area is 184 Å². The molecule has 160 valence electrons. The third kappa shape index (κ3) is 3.15. The number of aromatic amines is 1. The molecule has 0 saturated carbocycles. The van der Waals surface area contributed by atoms with Crippen molar-refractivity contribution in [1.29, 1.82) is 0 Å². The van der Waals surface area contributed by atoms with Gasteiger partial charge in [-0.3, -0.25) is 9.59 Å². The third-order valence-electron chi connectivity index (χ3n) is 6.20. The second-order valence-corrected chi connectivity index (χ2v) is 8.11. The van der Waals surface area contributed by atoms with Gasteiger partial charge in [0.05, 0.1) is 11.9 Å². The smallest absolute Gasteiger partial charge is 0.246 e. The Morgan fingerprint density at radius 3 is 2.78 bits per heavy atom. The van der Waals surface area contributed by atoms with E-state index in [2.05, 4.69) is 11.6 Å². The van der Waals surface area contributed by atoms with Gasteiger partial charge < -0.3 is 15.6 Å². The number of nitrogens with one attached hydrogen (secondary N) is 1. The molecule has 0 radical (unpaired) electrons. The number of aromatic nitrogens is 1. The molecular formula is C26H22FN3O2. The van der Waals surface area contributed by atoms with Crippen LogP contribution in [0.4, 0.5) is 4.39 Å². The first-order valence-electron chi connectivity index (χ1n) is 10.5. The molecule has 2 amide bonds. The van der Waals surface area contributed by atoms with E-state index in [1.807, 2.05) is 42.5 Å². The summed E-state index contributed by atoms with van der Waals surface area (Å²) in [5.41, 5.74) is 10.9. The summed E-state index contributed by atoms with van der Waals surface area (Å²) in [6, 6.07) is 14.9. The molecule has 1 aliphatic rings. The number of fused-ring (bicyclic) bond motifs is 4. The van der Waals surface area contributed by atoms with Crippen LogP contribution in [0.25, 0.3) is 32.9 Å². The van der Waals surface area contributed by atoms with Crippen LogP contribution < -0.4 is 5.73 Å². The standard InChI is InChI=1S/C26H22FN3O2/c1-2-23(32)30-11-10-17-15(14-30)6-5-8-18(17)24-20(27)12-16(13-22(28)31)26-25(24)19-7-3-4-9-21(19)29-26/h2-9,12,29H,1,10-11,13-14H2,(H2,28,31). The molecule has 3 aromatic carbocycles. The van der Waals surface area contributed by atoms with Crippen LogP contribution in [0, 0.1) is 5.82 Å². The Balaban J connectivity index is 1.78. The van der Waals surface area contributed by atoms with Crippen molar-refractivity contribution in [2.45, 2.75) is 19.4 Å². The van der Waals surface area contributed by atoms with Crippen molar-refractivity contribution in [3.63, 3.8) is 0 Å². The van der Waals surface area contributed by atoms with Crippen LogP contribution in [-0.4, -0.2) is 28.2 Å². The van der Waals surface area contributed by atoms with Gasteiger partial charge in [-0.05, 0) is 46.9 Å². The van der Waals surface area contributed by atoms with Gasteiger partial charge in [0.15, 0.2) is 0 Å². The van der Waals surface area contributed by atoms with E-state index in [0.29, 0.717) is 30.6 Å². The van der Waals surface area contributed by atoms with Gasteiger partial charge in [-0.15, -0.1) is 0 Å². The Hall–Kier alpha value is -3.93. The van der Waals surface area contributed by atoms with Crippen molar-refractivity contribution in [1.82, 2.24) is 9.88 Å². The summed E-state index contributed by atoms with van der Waals surface area (Å²) in [6.45, 7) is 4.59. The molecule has 3 N–H and O–H groups in total. The number of nitrogens with two attached hydrogens (primary N) is 1. The van der Waals surface area contributed by atoms with Crippen molar-refractivity contribution in [3.05, 3.63) is 83.7 Å². The van der Waals surface area contributed by atoms with Crippen LogP contribution in [0.5, 0.6) is 0 Å². The summed E-state index contributed by atoms with van der Waals surface area (Å²) in [5, 5.41) is 1.63. The van der Waals surface area contributed by atoms with Crippen molar-refractivity contribution >= 4 is 33.6 Å². The average Bonchev–Trinajstić information content (AvgIpc) is 3.17. The lowest BCUT2D eigenvalue weighted by Gasteiger charge is -2.29. The maximum Gasteiger partial charge on any atom is 0.246 e. The number of benzene rings is 3.